The highest BCUT2D eigenvalue weighted by Crippen LogP contribution is 2.38. The number of hydrazine groups is 1. The molecule has 28 heavy (non-hydrogen) atoms. The molecule has 0 radical (unpaired) electrons. The normalized spacial score (nSPS) is 22.4. The van der Waals surface area contributed by atoms with Crippen molar-refractivity contribution in [2.45, 2.75) is 44.9 Å². The van der Waals surface area contributed by atoms with Crippen molar-refractivity contribution >= 4 is 5.71 Å². The first-order valence-electron chi connectivity index (χ1n) is 9.73. The van der Waals surface area contributed by atoms with Crippen molar-refractivity contribution in [3.8, 4) is 5.75 Å². The Morgan fingerprint density at radius 2 is 1.75 bits per heavy atom. The van der Waals surface area contributed by atoms with Gasteiger partial charge < -0.3 is 9.84 Å². The summed E-state index contributed by atoms with van der Waals surface area (Å²) in [5.41, 5.74) is 2.87. The third kappa shape index (κ3) is 3.49. The highest BCUT2D eigenvalue weighted by atomic mass is 19.3. The summed E-state index contributed by atoms with van der Waals surface area (Å²) in [5.74, 6) is 0.0933. The molecule has 2 aliphatic rings. The Kier molecular flexibility index (Phi) is 5.06. The summed E-state index contributed by atoms with van der Waals surface area (Å²) in [4.78, 5) is 0. The molecule has 2 aliphatic heterocycles. The minimum Gasteiger partial charge on any atom is -0.435 e. The van der Waals surface area contributed by atoms with Gasteiger partial charge in [0.05, 0.1) is 13.0 Å². The van der Waals surface area contributed by atoms with E-state index in [1.807, 2.05) is 5.01 Å². The summed E-state index contributed by atoms with van der Waals surface area (Å²) in [6.07, 6.45) is 3.65. The Morgan fingerprint density at radius 3 is 2.43 bits per heavy atom. The van der Waals surface area contributed by atoms with Crippen LogP contribution in [0.25, 0.3) is 0 Å². The molecule has 0 aromatic heterocycles. The lowest BCUT2D eigenvalue weighted by Gasteiger charge is -2.30. The fraction of sp³-hybridized carbons (Fsp3) is 0.409. The summed E-state index contributed by atoms with van der Waals surface area (Å²) in [6.45, 7) is 0.808. The Balaban J connectivity index is 1.71. The first kappa shape index (κ1) is 18.9. The van der Waals surface area contributed by atoms with Gasteiger partial charge in [0.15, 0.2) is 6.54 Å². The van der Waals surface area contributed by atoms with Gasteiger partial charge in [-0.1, -0.05) is 29.8 Å². The Bertz CT molecular complexity index is 865. The minimum atomic E-state index is -2.86. The SMILES string of the molecule is Cc1ccc(C2=[N+]3CCCCCN3[C@](O)(c3ccc(OC(F)F)cc3)C2)cc1. The molecule has 1 saturated heterocycles. The summed E-state index contributed by atoms with van der Waals surface area (Å²) < 4.78 is 31.5. The zero-order valence-corrected chi connectivity index (χ0v) is 15.9. The van der Waals surface area contributed by atoms with Gasteiger partial charge in [-0.25, -0.2) is 0 Å². The minimum absolute atomic E-state index is 0.0933. The molecule has 1 N–H and O–H groups in total. The number of nitrogens with zero attached hydrogens (tertiary/aromatic N) is 2. The first-order valence-corrected chi connectivity index (χ1v) is 9.73. The Morgan fingerprint density at radius 1 is 1.04 bits per heavy atom. The van der Waals surface area contributed by atoms with Crippen LogP contribution < -0.4 is 4.74 Å². The highest BCUT2D eigenvalue weighted by Gasteiger charge is 2.52. The molecule has 0 unspecified atom stereocenters. The third-order valence-electron chi connectivity index (χ3n) is 5.61. The van der Waals surface area contributed by atoms with Crippen LogP contribution in [0.5, 0.6) is 5.75 Å². The number of hydrogen-bond donors (Lipinski definition) is 1. The Labute approximate surface area is 163 Å². The second kappa shape index (κ2) is 7.51. The molecule has 148 valence electrons. The molecule has 2 heterocycles. The van der Waals surface area contributed by atoms with Gasteiger partial charge in [-0.15, -0.1) is 9.69 Å². The standard InChI is InChI=1S/C22H25F2N2O2/c1-16-5-7-17(8-6-16)20-15-22(27,26-14-4-2-3-13-25(20)26)18-9-11-19(12-10-18)28-21(23)24/h5-12,21,27H,2-4,13-15H2,1H3/q+1/t22-/m1/s1. The molecule has 2 aromatic carbocycles. The number of fused-ring (bicyclic) bond motifs is 1. The summed E-state index contributed by atoms with van der Waals surface area (Å²) in [7, 11) is 0. The predicted molar refractivity (Wildman–Crippen MR) is 103 cm³/mol. The molecule has 1 fully saturated rings. The average Bonchev–Trinajstić information content (AvgIpc) is 2.83. The fourth-order valence-electron chi connectivity index (χ4n) is 4.17. The molecule has 4 nitrogen and oxygen atoms in total. The van der Waals surface area contributed by atoms with Gasteiger partial charge in [0, 0.05) is 17.5 Å². The maximum atomic E-state index is 12.4. The van der Waals surface area contributed by atoms with Gasteiger partial charge in [-0.2, -0.15) is 8.78 Å². The second-order valence-electron chi connectivity index (χ2n) is 7.52. The molecule has 2 aromatic rings. The van der Waals surface area contributed by atoms with Gasteiger partial charge in [-0.05, 0) is 44.0 Å². The van der Waals surface area contributed by atoms with E-state index in [4.69, 9.17) is 0 Å². The number of ether oxygens (including phenoxy) is 1. The van der Waals surface area contributed by atoms with E-state index in [0.29, 0.717) is 12.0 Å². The highest BCUT2D eigenvalue weighted by molar-refractivity contribution is 5.98. The Hall–Kier alpha value is -2.47. The number of aliphatic hydroxyl groups is 1. The zero-order valence-electron chi connectivity index (χ0n) is 15.9. The van der Waals surface area contributed by atoms with Crippen molar-refractivity contribution in [1.82, 2.24) is 5.01 Å². The number of benzene rings is 2. The van der Waals surface area contributed by atoms with Gasteiger partial charge >= 0.3 is 6.61 Å². The van der Waals surface area contributed by atoms with Crippen molar-refractivity contribution in [2.24, 2.45) is 0 Å². The largest absolute Gasteiger partial charge is 0.435 e. The van der Waals surface area contributed by atoms with Crippen LogP contribution in [-0.2, 0) is 5.72 Å². The molecule has 0 spiro atoms. The molecule has 0 amide bonds. The predicted octanol–water partition coefficient (Wildman–Crippen LogP) is 4.05. The van der Waals surface area contributed by atoms with E-state index in [1.54, 1.807) is 12.1 Å². The van der Waals surface area contributed by atoms with Crippen molar-refractivity contribution in [3.63, 3.8) is 0 Å². The molecule has 6 heteroatoms. The fourth-order valence-corrected chi connectivity index (χ4v) is 4.17. The lowest BCUT2D eigenvalue weighted by atomic mass is 9.94. The van der Waals surface area contributed by atoms with Crippen molar-refractivity contribution in [2.75, 3.05) is 13.1 Å². The third-order valence-corrected chi connectivity index (χ3v) is 5.61. The first-order chi connectivity index (χ1) is 13.5. The zero-order chi connectivity index (χ0) is 19.7. The number of halogens is 2. The van der Waals surface area contributed by atoms with Gasteiger partial charge in [0.2, 0.25) is 11.4 Å². The van der Waals surface area contributed by atoms with E-state index in [-0.39, 0.29) is 5.75 Å². The van der Waals surface area contributed by atoms with Crippen LogP contribution in [0.4, 0.5) is 8.78 Å². The molecule has 0 aliphatic carbocycles. The topological polar surface area (TPSA) is 35.7 Å². The van der Waals surface area contributed by atoms with E-state index >= 15 is 0 Å². The summed E-state index contributed by atoms with van der Waals surface area (Å²) >= 11 is 0. The van der Waals surface area contributed by atoms with E-state index < -0.39 is 12.3 Å². The molecular formula is C22H25F2N2O2+. The average molecular weight is 387 g/mol. The molecule has 0 saturated carbocycles. The second-order valence-corrected chi connectivity index (χ2v) is 7.52. The lowest BCUT2D eigenvalue weighted by Crippen LogP contribution is -2.46. The monoisotopic (exact) mass is 387 g/mol. The van der Waals surface area contributed by atoms with E-state index in [9.17, 15) is 13.9 Å². The van der Waals surface area contributed by atoms with Crippen molar-refractivity contribution < 1.29 is 23.3 Å². The van der Waals surface area contributed by atoms with Crippen LogP contribution in [0.1, 0.15) is 42.4 Å². The van der Waals surface area contributed by atoms with Crippen LogP contribution in [-0.4, -0.2) is 40.2 Å². The number of hydrazone groups is 1. The number of rotatable bonds is 4. The number of alkyl halides is 2. The smallest absolute Gasteiger partial charge is 0.387 e. The quantitative estimate of drug-likeness (QED) is 0.804. The van der Waals surface area contributed by atoms with Crippen LogP contribution >= 0.6 is 0 Å². The van der Waals surface area contributed by atoms with E-state index in [2.05, 4.69) is 40.6 Å². The van der Waals surface area contributed by atoms with E-state index in [1.165, 1.54) is 17.7 Å². The molecule has 4 rings (SSSR count). The van der Waals surface area contributed by atoms with Gasteiger partial charge in [0.1, 0.15) is 5.75 Å². The van der Waals surface area contributed by atoms with Crippen LogP contribution in [0.3, 0.4) is 0 Å². The van der Waals surface area contributed by atoms with Crippen LogP contribution in [0.15, 0.2) is 48.5 Å². The maximum Gasteiger partial charge on any atom is 0.387 e. The maximum absolute atomic E-state index is 12.4. The molecular weight excluding hydrogens is 362 g/mol. The van der Waals surface area contributed by atoms with Crippen LogP contribution in [0.2, 0.25) is 0 Å². The van der Waals surface area contributed by atoms with Crippen molar-refractivity contribution in [3.05, 3.63) is 65.2 Å². The number of aryl methyl sites for hydroxylation is 1. The van der Waals surface area contributed by atoms with Gasteiger partial charge in [-0.3, -0.25) is 0 Å². The van der Waals surface area contributed by atoms with E-state index in [0.717, 1.165) is 43.6 Å². The summed E-state index contributed by atoms with van der Waals surface area (Å²) in [6, 6.07) is 14.7. The van der Waals surface area contributed by atoms with Crippen LogP contribution in [0, 0.1) is 6.92 Å². The van der Waals surface area contributed by atoms with Crippen molar-refractivity contribution in [1.29, 1.82) is 0 Å². The lowest BCUT2D eigenvalue weighted by molar-refractivity contribution is -0.706. The molecule has 1 atom stereocenters. The molecule has 0 bridgehead atoms. The number of hydrogen-bond acceptors (Lipinski definition) is 3. The summed E-state index contributed by atoms with van der Waals surface area (Å²) in [5, 5.41) is 13.8. The van der Waals surface area contributed by atoms with Gasteiger partial charge in [0.25, 0.3) is 0 Å².